The first-order valence-corrected chi connectivity index (χ1v) is 10.8. The molecule has 4 rings (SSSR count). The molecule has 0 spiro atoms. The van der Waals surface area contributed by atoms with E-state index in [-0.39, 0.29) is 18.2 Å². The number of halogens is 3. The van der Waals surface area contributed by atoms with E-state index in [9.17, 15) is 22.8 Å². The van der Waals surface area contributed by atoms with E-state index >= 15 is 0 Å². The van der Waals surface area contributed by atoms with Crippen LogP contribution in [0.2, 0.25) is 0 Å². The fourth-order valence-electron chi connectivity index (χ4n) is 3.60. The molecule has 1 aliphatic rings. The molecule has 33 heavy (non-hydrogen) atoms. The van der Waals surface area contributed by atoms with Gasteiger partial charge in [0.25, 0.3) is 11.5 Å². The van der Waals surface area contributed by atoms with Crippen molar-refractivity contribution in [3.05, 3.63) is 64.2 Å². The van der Waals surface area contributed by atoms with Crippen molar-refractivity contribution in [2.24, 2.45) is 0 Å². The molecular formula is C22H21F3N5O2P. The second-order valence-corrected chi connectivity index (χ2v) is 8.93. The van der Waals surface area contributed by atoms with Gasteiger partial charge in [-0.2, -0.15) is 5.10 Å². The number of hydrogen-bond donors (Lipinski definition) is 1. The summed E-state index contributed by atoms with van der Waals surface area (Å²) in [6.45, 7) is 3.29. The molecule has 2 heterocycles. The monoisotopic (exact) mass is 475 g/mol. The Morgan fingerprint density at radius 3 is 2.67 bits per heavy atom. The van der Waals surface area contributed by atoms with Crippen molar-refractivity contribution in [3.8, 4) is 11.1 Å². The average Bonchev–Trinajstić information content (AvgIpc) is 3.38. The lowest BCUT2D eigenvalue weighted by molar-refractivity contribution is -0.117. The van der Waals surface area contributed by atoms with Gasteiger partial charge in [-0.15, -0.1) is 9.24 Å². The first-order valence-electron chi connectivity index (χ1n) is 10.2. The number of anilines is 1. The first kappa shape index (κ1) is 23.0. The van der Waals surface area contributed by atoms with E-state index in [0.29, 0.717) is 22.4 Å². The molecule has 1 N–H and O–H groups in total. The highest BCUT2D eigenvalue weighted by Crippen LogP contribution is 2.56. The van der Waals surface area contributed by atoms with Crippen molar-refractivity contribution in [3.63, 3.8) is 0 Å². The number of carbonyl (C=O) groups is 1. The predicted molar refractivity (Wildman–Crippen MR) is 120 cm³/mol. The molecule has 11 heteroatoms. The summed E-state index contributed by atoms with van der Waals surface area (Å²) >= 11 is 0. The minimum absolute atomic E-state index is 0.131. The summed E-state index contributed by atoms with van der Waals surface area (Å²) < 4.78 is 41.9. The number of nitrogens with one attached hydrogen (secondary N) is 1. The van der Waals surface area contributed by atoms with Crippen LogP contribution in [-0.4, -0.2) is 31.6 Å². The molecule has 0 radical (unpaired) electrons. The first-order chi connectivity index (χ1) is 15.5. The Morgan fingerprint density at radius 2 is 2.03 bits per heavy atom. The molecule has 7 nitrogen and oxygen atoms in total. The molecule has 2 aromatic heterocycles. The van der Waals surface area contributed by atoms with Gasteiger partial charge < -0.3 is 5.32 Å². The fraction of sp³-hybridized carbons (Fsp3) is 0.318. The smallest absolute Gasteiger partial charge is 0.267 e. The zero-order valence-corrected chi connectivity index (χ0v) is 19.0. The van der Waals surface area contributed by atoms with E-state index in [0.717, 1.165) is 22.5 Å². The number of rotatable bonds is 6. The van der Waals surface area contributed by atoms with Gasteiger partial charge in [-0.25, -0.2) is 27.8 Å². The highest BCUT2D eigenvalue weighted by atomic mass is 31.0. The third-order valence-corrected chi connectivity index (χ3v) is 5.64. The number of aromatic nitrogens is 4. The number of hydrogen-bond acceptors (Lipinski definition) is 5. The van der Waals surface area contributed by atoms with E-state index in [1.165, 1.54) is 6.07 Å². The second kappa shape index (κ2) is 8.67. The van der Waals surface area contributed by atoms with Crippen LogP contribution in [0.5, 0.6) is 0 Å². The minimum Gasteiger partial charge on any atom is -0.307 e. The van der Waals surface area contributed by atoms with E-state index in [4.69, 9.17) is 0 Å². The highest BCUT2D eigenvalue weighted by Gasteiger charge is 2.57. The van der Waals surface area contributed by atoms with Gasteiger partial charge in [0.15, 0.2) is 11.6 Å². The van der Waals surface area contributed by atoms with Crippen LogP contribution >= 0.6 is 9.24 Å². The van der Waals surface area contributed by atoms with Crippen LogP contribution in [0.4, 0.5) is 19.0 Å². The Bertz CT molecular complexity index is 1300. The molecule has 3 aromatic rings. The lowest BCUT2D eigenvalue weighted by atomic mass is 9.96. The lowest BCUT2D eigenvalue weighted by Crippen LogP contribution is -2.31. The zero-order chi connectivity index (χ0) is 23.9. The Morgan fingerprint density at radius 1 is 1.30 bits per heavy atom. The van der Waals surface area contributed by atoms with Crippen molar-refractivity contribution in [2.45, 2.75) is 44.6 Å². The summed E-state index contributed by atoms with van der Waals surface area (Å²) in [5, 5.41) is 7.36. The van der Waals surface area contributed by atoms with Gasteiger partial charge >= 0.3 is 0 Å². The summed E-state index contributed by atoms with van der Waals surface area (Å²) in [5.74, 6) is -5.47. The molecule has 1 aliphatic carbocycles. The van der Waals surface area contributed by atoms with E-state index in [2.05, 4.69) is 29.6 Å². The maximum Gasteiger partial charge on any atom is 0.267 e. The molecule has 1 saturated carbocycles. The summed E-state index contributed by atoms with van der Waals surface area (Å²) in [6.07, 6.45) is 1.80. The van der Waals surface area contributed by atoms with Gasteiger partial charge in [0, 0.05) is 18.1 Å². The predicted octanol–water partition coefficient (Wildman–Crippen LogP) is 3.22. The lowest BCUT2D eigenvalue weighted by Gasteiger charge is -2.16. The zero-order valence-electron chi connectivity index (χ0n) is 17.8. The molecule has 1 aromatic carbocycles. The van der Waals surface area contributed by atoms with Gasteiger partial charge in [0.2, 0.25) is 5.91 Å². The van der Waals surface area contributed by atoms with Crippen molar-refractivity contribution < 1.29 is 18.0 Å². The van der Waals surface area contributed by atoms with E-state index in [1.54, 1.807) is 18.2 Å². The highest BCUT2D eigenvalue weighted by molar-refractivity contribution is 7.27. The average molecular weight is 475 g/mol. The largest absolute Gasteiger partial charge is 0.307 e. The Hall–Kier alpha value is -3.13. The Balaban J connectivity index is 1.67. The normalized spacial score (nSPS) is 16.6. The molecular weight excluding hydrogens is 454 g/mol. The van der Waals surface area contributed by atoms with Crippen LogP contribution in [0.25, 0.3) is 11.1 Å². The van der Waals surface area contributed by atoms with Crippen LogP contribution in [0.15, 0.2) is 41.6 Å². The molecule has 0 saturated heterocycles. The van der Waals surface area contributed by atoms with Gasteiger partial charge in [-0.3, -0.25) is 9.59 Å². The SMILES string of the molecule is CC(C)c1nn(CC(=O)Nc2ncncc2F)c(=O)cc1-c1cc(P)cc(C2CC2(F)F)c1. The molecule has 1 amide bonds. The summed E-state index contributed by atoms with van der Waals surface area (Å²) in [6, 6.07) is 6.48. The van der Waals surface area contributed by atoms with Crippen molar-refractivity contribution >= 4 is 26.3 Å². The van der Waals surface area contributed by atoms with Gasteiger partial charge in [-0.05, 0) is 28.4 Å². The van der Waals surface area contributed by atoms with Crippen molar-refractivity contribution in [1.82, 2.24) is 19.7 Å². The standard InChI is InChI=1S/C22H21F3N5O2P/c1-11(2)20-15(12-3-13(5-14(33)4-12)16-7-22(16,24)25)6-19(32)30(29-20)9-18(31)28-21-17(23)8-26-10-27-21/h3-6,8,10-11,16H,7,9,33H2,1-2H3,(H,26,27,28,31). The van der Waals surface area contributed by atoms with Crippen LogP contribution in [-0.2, 0) is 11.3 Å². The number of nitrogens with zero attached hydrogens (tertiary/aromatic N) is 4. The van der Waals surface area contributed by atoms with Crippen LogP contribution in [0.3, 0.4) is 0 Å². The molecule has 2 atom stereocenters. The van der Waals surface area contributed by atoms with Crippen LogP contribution < -0.4 is 16.2 Å². The maximum atomic E-state index is 13.7. The number of benzene rings is 1. The number of amides is 1. The summed E-state index contributed by atoms with van der Waals surface area (Å²) in [4.78, 5) is 32.3. The molecule has 172 valence electrons. The van der Waals surface area contributed by atoms with Gasteiger partial charge in [-0.1, -0.05) is 26.0 Å². The third-order valence-electron chi connectivity index (χ3n) is 5.31. The number of alkyl halides is 2. The molecule has 1 fully saturated rings. The Labute approximate surface area is 189 Å². The molecule has 2 unspecified atom stereocenters. The van der Waals surface area contributed by atoms with Gasteiger partial charge in [0.1, 0.15) is 12.9 Å². The van der Waals surface area contributed by atoms with Crippen LogP contribution in [0.1, 0.15) is 43.4 Å². The van der Waals surface area contributed by atoms with Crippen molar-refractivity contribution in [1.29, 1.82) is 0 Å². The second-order valence-electron chi connectivity index (χ2n) is 8.27. The Kier molecular flexibility index (Phi) is 6.05. The number of carbonyl (C=O) groups excluding carboxylic acids is 1. The quantitative estimate of drug-likeness (QED) is 0.553. The maximum absolute atomic E-state index is 13.7. The summed E-state index contributed by atoms with van der Waals surface area (Å²) in [5.41, 5.74) is 1.60. The van der Waals surface area contributed by atoms with Crippen molar-refractivity contribution in [2.75, 3.05) is 5.32 Å². The molecule has 0 bridgehead atoms. The molecule has 0 aliphatic heterocycles. The summed E-state index contributed by atoms with van der Waals surface area (Å²) in [7, 11) is 2.50. The third kappa shape index (κ3) is 4.95. The van der Waals surface area contributed by atoms with E-state index < -0.39 is 35.7 Å². The van der Waals surface area contributed by atoms with E-state index in [1.807, 2.05) is 13.8 Å². The fourth-order valence-corrected chi connectivity index (χ4v) is 3.97. The topological polar surface area (TPSA) is 89.8 Å². The van der Waals surface area contributed by atoms with Crippen LogP contribution in [0, 0.1) is 5.82 Å². The van der Waals surface area contributed by atoms with Gasteiger partial charge in [0.05, 0.1) is 17.8 Å². The minimum atomic E-state index is -2.71.